The molecule has 0 aliphatic carbocycles. The zero-order chi connectivity index (χ0) is 31.7. The molecule has 2 saturated heterocycles. The van der Waals surface area contributed by atoms with Gasteiger partial charge in [0, 0.05) is 79.6 Å². The molecule has 2 unspecified atom stereocenters. The van der Waals surface area contributed by atoms with Gasteiger partial charge in [0.15, 0.2) is 0 Å². The van der Waals surface area contributed by atoms with Gasteiger partial charge in [0.25, 0.3) is 11.5 Å². The van der Waals surface area contributed by atoms with Gasteiger partial charge in [0.2, 0.25) is 5.91 Å². The number of piperidine rings is 1. The number of hydrogen-bond donors (Lipinski definition) is 1. The van der Waals surface area contributed by atoms with Gasteiger partial charge in [-0.25, -0.2) is 9.18 Å². The number of pyridine rings is 1. The van der Waals surface area contributed by atoms with Crippen molar-refractivity contribution in [2.75, 3.05) is 56.1 Å². The van der Waals surface area contributed by atoms with Crippen molar-refractivity contribution < 1.29 is 23.5 Å². The summed E-state index contributed by atoms with van der Waals surface area (Å²) < 4.78 is 21.5. The Morgan fingerprint density at radius 3 is 2.49 bits per heavy atom. The third kappa shape index (κ3) is 6.40. The second-order valence-corrected chi connectivity index (χ2v) is 12.1. The summed E-state index contributed by atoms with van der Waals surface area (Å²) in [7, 11) is 0. The Balaban J connectivity index is 1.26. The normalized spacial score (nSPS) is 19.1. The Morgan fingerprint density at radius 1 is 0.978 bits per heavy atom. The molecule has 3 aliphatic heterocycles. The Morgan fingerprint density at radius 2 is 1.73 bits per heavy atom. The average molecular weight is 636 g/mol. The van der Waals surface area contributed by atoms with Crippen molar-refractivity contribution >= 4 is 40.9 Å². The average Bonchev–Trinajstić information content (AvgIpc) is 3.03. The highest BCUT2D eigenvalue weighted by atomic mass is 35.5. The molecule has 12 heteroatoms. The molecule has 4 heterocycles. The molecule has 0 saturated carbocycles. The van der Waals surface area contributed by atoms with Crippen LogP contribution >= 0.6 is 11.6 Å². The number of nitrogens with zero attached hydrogens (tertiary/aromatic N) is 4. The van der Waals surface area contributed by atoms with E-state index < -0.39 is 17.8 Å². The SMILES string of the molecule is CCOC(=O)N1CCN(C(=O)c2ccc(N3CC4CC(C3)c3cccc(=O)n3C4)c(NC(=O)Cc3c(F)cccc3Cl)c2)CC1. The molecule has 0 radical (unpaired) electrons. The van der Waals surface area contributed by atoms with Crippen molar-refractivity contribution in [2.45, 2.75) is 32.2 Å². The number of carbonyl (C=O) groups excluding carboxylic acids is 3. The first kappa shape index (κ1) is 30.6. The largest absolute Gasteiger partial charge is 0.450 e. The molecule has 6 rings (SSSR count). The number of aromatic nitrogens is 1. The van der Waals surface area contributed by atoms with E-state index in [0.717, 1.165) is 17.8 Å². The molecule has 2 atom stereocenters. The van der Waals surface area contributed by atoms with E-state index in [1.165, 1.54) is 18.2 Å². The van der Waals surface area contributed by atoms with Gasteiger partial charge in [-0.15, -0.1) is 0 Å². The fourth-order valence-corrected chi connectivity index (χ4v) is 6.91. The minimum Gasteiger partial charge on any atom is -0.450 e. The molecule has 1 N–H and O–H groups in total. The van der Waals surface area contributed by atoms with Gasteiger partial charge in [-0.1, -0.05) is 23.7 Å². The van der Waals surface area contributed by atoms with Crippen LogP contribution in [-0.2, 0) is 22.5 Å². The van der Waals surface area contributed by atoms with Crippen LogP contribution in [0, 0.1) is 11.7 Å². The second kappa shape index (κ2) is 12.9. The van der Waals surface area contributed by atoms with Gasteiger partial charge in [0.05, 0.1) is 24.4 Å². The lowest BCUT2D eigenvalue weighted by molar-refractivity contribution is -0.115. The molecular formula is C33H35ClFN5O5. The number of fused-ring (bicyclic) bond motifs is 4. The van der Waals surface area contributed by atoms with Crippen molar-refractivity contribution in [2.24, 2.45) is 5.92 Å². The minimum atomic E-state index is -0.568. The van der Waals surface area contributed by atoms with Gasteiger partial charge in [0.1, 0.15) is 5.82 Å². The number of hydrogen-bond acceptors (Lipinski definition) is 6. The molecule has 2 fully saturated rings. The Hall–Kier alpha value is -4.38. The number of carbonyl (C=O) groups is 3. The zero-order valence-electron chi connectivity index (χ0n) is 25.0. The summed E-state index contributed by atoms with van der Waals surface area (Å²) in [4.78, 5) is 57.0. The number of rotatable bonds is 6. The molecule has 2 aromatic carbocycles. The van der Waals surface area contributed by atoms with Crippen molar-refractivity contribution in [1.82, 2.24) is 14.4 Å². The highest BCUT2D eigenvalue weighted by Crippen LogP contribution is 2.39. The summed E-state index contributed by atoms with van der Waals surface area (Å²) in [5, 5.41) is 3.10. The van der Waals surface area contributed by atoms with E-state index in [1.54, 1.807) is 41.0 Å². The highest BCUT2D eigenvalue weighted by molar-refractivity contribution is 6.31. The first-order chi connectivity index (χ1) is 21.7. The molecule has 3 amide bonds. The molecule has 0 spiro atoms. The van der Waals surface area contributed by atoms with Crippen LogP contribution in [0.15, 0.2) is 59.4 Å². The number of ether oxygens (including phenoxy) is 1. The summed E-state index contributed by atoms with van der Waals surface area (Å²) >= 11 is 6.20. The van der Waals surface area contributed by atoms with E-state index in [1.807, 2.05) is 16.7 Å². The molecule has 2 bridgehead atoms. The molecule has 1 aromatic heterocycles. The predicted octanol–water partition coefficient (Wildman–Crippen LogP) is 4.36. The first-order valence-corrected chi connectivity index (χ1v) is 15.6. The van der Waals surface area contributed by atoms with Crippen molar-refractivity contribution in [3.63, 3.8) is 0 Å². The van der Waals surface area contributed by atoms with Crippen molar-refractivity contribution in [1.29, 1.82) is 0 Å². The fourth-order valence-electron chi connectivity index (χ4n) is 6.68. The maximum absolute atomic E-state index is 14.5. The van der Waals surface area contributed by atoms with E-state index in [-0.39, 0.29) is 46.9 Å². The van der Waals surface area contributed by atoms with Gasteiger partial charge in [-0.2, -0.15) is 0 Å². The van der Waals surface area contributed by atoms with Gasteiger partial charge in [-0.05, 0) is 55.7 Å². The lowest BCUT2D eigenvalue weighted by atomic mass is 9.83. The quantitative estimate of drug-likeness (QED) is 0.432. The maximum atomic E-state index is 14.5. The number of benzene rings is 2. The first-order valence-electron chi connectivity index (χ1n) is 15.2. The summed E-state index contributed by atoms with van der Waals surface area (Å²) in [6, 6.07) is 14.9. The minimum absolute atomic E-state index is 0.00126. The molecule has 3 aliphatic rings. The lowest BCUT2D eigenvalue weighted by Crippen LogP contribution is -2.50. The van der Waals surface area contributed by atoms with E-state index in [0.29, 0.717) is 57.1 Å². The molecule has 3 aromatic rings. The highest BCUT2D eigenvalue weighted by Gasteiger charge is 2.36. The Labute approximate surface area is 265 Å². The number of amides is 3. The molecule has 45 heavy (non-hydrogen) atoms. The van der Waals surface area contributed by atoms with Crippen molar-refractivity contribution in [3.05, 3.63) is 92.6 Å². The second-order valence-electron chi connectivity index (χ2n) is 11.7. The predicted molar refractivity (Wildman–Crippen MR) is 168 cm³/mol. The summed E-state index contributed by atoms with van der Waals surface area (Å²) in [6.45, 7) is 5.36. The lowest BCUT2D eigenvalue weighted by Gasteiger charge is -2.44. The monoisotopic (exact) mass is 635 g/mol. The van der Waals surface area contributed by atoms with Crippen LogP contribution < -0.4 is 15.8 Å². The van der Waals surface area contributed by atoms with Gasteiger partial charge >= 0.3 is 6.09 Å². The summed E-state index contributed by atoms with van der Waals surface area (Å²) in [6.07, 6.45) is 0.287. The molecule has 10 nitrogen and oxygen atoms in total. The molecule has 236 valence electrons. The van der Waals surface area contributed by atoms with Crippen LogP contribution in [0.1, 0.15) is 40.9 Å². The number of halogens is 2. The van der Waals surface area contributed by atoms with E-state index in [9.17, 15) is 23.6 Å². The summed E-state index contributed by atoms with van der Waals surface area (Å²) in [5.74, 6) is -0.897. The standard InChI is InChI=1S/C33H35ClFN5O5/c1-2-45-33(44)38-13-11-37(12-14-38)32(43)22-9-10-29(27(16-22)36-30(41)17-24-25(34)5-3-6-26(24)35)39-18-21-15-23(20-39)28-7-4-8-31(42)40(28)19-21/h3-10,16,21,23H,2,11-15,17-20H2,1H3,(H,36,41). The Bertz CT molecular complexity index is 1670. The van der Waals surface area contributed by atoms with Crippen LogP contribution in [0.2, 0.25) is 5.02 Å². The van der Waals surface area contributed by atoms with E-state index in [4.69, 9.17) is 16.3 Å². The Kier molecular flexibility index (Phi) is 8.80. The van der Waals surface area contributed by atoms with Gasteiger partial charge < -0.3 is 29.3 Å². The smallest absolute Gasteiger partial charge is 0.409 e. The van der Waals surface area contributed by atoms with E-state index in [2.05, 4.69) is 10.2 Å². The third-order valence-corrected chi connectivity index (χ3v) is 9.18. The molecular weight excluding hydrogens is 601 g/mol. The fraction of sp³-hybridized carbons (Fsp3) is 0.394. The number of anilines is 2. The van der Waals surface area contributed by atoms with Gasteiger partial charge in [-0.3, -0.25) is 14.4 Å². The van der Waals surface area contributed by atoms with Crippen LogP contribution in [0.4, 0.5) is 20.6 Å². The van der Waals surface area contributed by atoms with E-state index >= 15 is 0 Å². The van der Waals surface area contributed by atoms with Crippen LogP contribution in [-0.4, -0.2) is 78.1 Å². The van der Waals surface area contributed by atoms with Crippen molar-refractivity contribution in [3.8, 4) is 0 Å². The van der Waals surface area contributed by atoms with Crippen LogP contribution in [0.3, 0.4) is 0 Å². The topological polar surface area (TPSA) is 104 Å². The zero-order valence-corrected chi connectivity index (χ0v) is 25.8. The maximum Gasteiger partial charge on any atom is 0.409 e. The summed E-state index contributed by atoms with van der Waals surface area (Å²) in [5.41, 5.74) is 2.66. The van der Waals surface area contributed by atoms with Crippen LogP contribution in [0.5, 0.6) is 0 Å². The third-order valence-electron chi connectivity index (χ3n) is 8.83. The number of piperazine rings is 1. The van der Waals surface area contributed by atoms with Crippen LogP contribution in [0.25, 0.3) is 0 Å². The number of nitrogens with one attached hydrogen (secondary N) is 1.